The van der Waals surface area contributed by atoms with Gasteiger partial charge in [-0.1, -0.05) is 156 Å². The molecule has 5 fully saturated rings. The Labute approximate surface area is 686 Å². The second-order valence-corrected chi connectivity index (χ2v) is 35.7. The Kier molecular flexibility index (Phi) is 42.9. The number of benzene rings is 3. The molecule has 19 nitrogen and oxygen atoms in total. The Morgan fingerprint density at radius 2 is 0.781 bits per heavy atom. The van der Waals surface area contributed by atoms with Crippen LogP contribution in [-0.4, -0.2) is 161 Å². The summed E-state index contributed by atoms with van der Waals surface area (Å²) < 4.78 is 53.0. The minimum absolute atomic E-state index is 0.0579. The Morgan fingerprint density at radius 3 is 1.10 bits per heavy atom. The van der Waals surface area contributed by atoms with Crippen molar-refractivity contribution in [3.8, 4) is 17.2 Å². The summed E-state index contributed by atoms with van der Waals surface area (Å²) in [6.45, 7) is 25.5. The van der Waals surface area contributed by atoms with Crippen LogP contribution < -0.4 is 14.2 Å². The van der Waals surface area contributed by atoms with Gasteiger partial charge in [-0.2, -0.15) is 0 Å². The standard InChI is InChI=1S/C33H52O6.C28H42O6.C28H44O5.C5H12O.CH4O/c1-5-6-7-12-26(39-33-14-8-9-17-36-33)15-16-27-28-18-24-11-10-13-31(29(24)19-25(28)20-30(27)34)37-21-32(35)38-23(4)22(2)3;1-2-3-4-9-21(34-28-11-5-6-14-32-28)12-13-22-23-15-19-8-7-10-26(33-18-27(30)31)24(19)16-20(23)17-25(22)29;1-5-6-7-10-22(29)12-13-23-24-14-20-9-8-11-27(25(20)15-21(24)16-26(23)30)32-17-28(31)33-19(4)18(2)3;1-4(2)5(3)6;1-2/h10-11,13,22-23,25-28,30,33-34H,5-9,12,14-21H2,1-4H3;7-8,10,20-23,25,28-29H,2-6,9,11-18H2,1H3,(H,30,31);8-9,11,18-19,21-24,26,29-30H,5-7,10,12-17H2,1-4H3;4-6H,1-3H3;2H,1H3/t23?,25-,26-,27+,28-,30+,33?;20-,21-,22+,23-,25+,28?;19?,21-,22-,23+,24-,26+;;/m000../s1. The number of hydrogen-bond donors (Lipinski definition) is 7. The van der Waals surface area contributed by atoms with E-state index in [0.717, 1.165) is 185 Å². The molecule has 8 aliphatic rings. The fourth-order valence-corrected chi connectivity index (χ4v) is 18.8. The summed E-state index contributed by atoms with van der Waals surface area (Å²) >= 11 is 0. The third-order valence-electron chi connectivity index (χ3n) is 26.4. The lowest BCUT2D eigenvalue weighted by Gasteiger charge is -2.33. The molecule has 5 unspecified atom stereocenters. The lowest BCUT2D eigenvalue weighted by atomic mass is 9.73. The third kappa shape index (κ3) is 30.7. The maximum Gasteiger partial charge on any atom is 0.344 e. The van der Waals surface area contributed by atoms with Crippen LogP contribution in [0.3, 0.4) is 0 Å². The first-order valence-electron chi connectivity index (χ1n) is 45.0. The summed E-state index contributed by atoms with van der Waals surface area (Å²) in [6.07, 6.45) is 32.6. The predicted octanol–water partition coefficient (Wildman–Crippen LogP) is 17.5. The minimum atomic E-state index is -0.961. The van der Waals surface area contributed by atoms with E-state index < -0.39 is 5.97 Å². The highest BCUT2D eigenvalue weighted by molar-refractivity contribution is 5.72. The number of carboxylic acids is 1. The van der Waals surface area contributed by atoms with Crippen LogP contribution in [-0.2, 0) is 81.3 Å². The van der Waals surface area contributed by atoms with E-state index in [9.17, 15) is 34.8 Å². The number of esters is 2. The van der Waals surface area contributed by atoms with E-state index in [1.807, 2.05) is 91.8 Å². The van der Waals surface area contributed by atoms with Gasteiger partial charge in [-0.15, -0.1) is 0 Å². The van der Waals surface area contributed by atoms with Gasteiger partial charge >= 0.3 is 17.9 Å². The number of carboxylic acid groups (broad SMARTS) is 1. The molecule has 2 aliphatic heterocycles. The second kappa shape index (κ2) is 50.9. The van der Waals surface area contributed by atoms with Crippen molar-refractivity contribution < 1.29 is 92.8 Å². The van der Waals surface area contributed by atoms with Crippen LogP contribution in [0.25, 0.3) is 0 Å². The molecule has 0 spiro atoms. The molecule has 3 aromatic carbocycles. The molecule has 3 saturated carbocycles. The molecule has 7 N–H and O–H groups in total. The Bertz CT molecular complexity index is 3190. The molecule has 114 heavy (non-hydrogen) atoms. The maximum absolute atomic E-state index is 12.3. The fraction of sp³-hybridized carbons (Fsp3) is 0.779. The molecule has 2 heterocycles. The van der Waals surface area contributed by atoms with E-state index in [1.54, 1.807) is 6.92 Å². The van der Waals surface area contributed by atoms with Crippen molar-refractivity contribution in [2.75, 3.05) is 40.1 Å². The predicted molar refractivity (Wildman–Crippen MR) is 447 cm³/mol. The lowest BCUT2D eigenvalue weighted by Crippen LogP contribution is -2.31. The molecule has 0 amide bonds. The molecule has 648 valence electrons. The Morgan fingerprint density at radius 1 is 0.439 bits per heavy atom. The fourth-order valence-electron chi connectivity index (χ4n) is 18.8. The summed E-state index contributed by atoms with van der Waals surface area (Å²) in [7, 11) is 1.00. The molecular weight excluding hydrogens is 1450 g/mol. The smallest absolute Gasteiger partial charge is 0.344 e. The van der Waals surface area contributed by atoms with Gasteiger partial charge in [0.2, 0.25) is 0 Å². The third-order valence-corrected chi connectivity index (χ3v) is 26.4. The van der Waals surface area contributed by atoms with Gasteiger partial charge in [0.15, 0.2) is 32.4 Å². The Balaban J connectivity index is 0.000000226. The van der Waals surface area contributed by atoms with Gasteiger partial charge in [0.1, 0.15) is 29.5 Å². The highest BCUT2D eigenvalue weighted by atomic mass is 16.7. The van der Waals surface area contributed by atoms with E-state index in [2.05, 4.69) is 39.0 Å². The SMILES string of the molecule is CC(C)C(C)O.CCCCC[C@@H](CC[C@@H]1[C@H]2Cc3cccc(OCC(=O)O)c3C[C@H]2C[C@H]1O)OC1CCCCO1.CCCCC[C@@H](CC[C@@H]1[C@H]2Cc3cccc(OCC(=O)OC(C)C(C)C)c3C[C@H]2C[C@H]1O)OC1CCCCO1.CCCCC[C@H](O)CC[C@@H]1[C@H]2Cc3cccc(OCC(=O)OC(C)C(C)C)c3C[C@H]2C[C@H]1O.CO. The van der Waals surface area contributed by atoms with Crippen molar-refractivity contribution in [1.82, 2.24) is 0 Å². The number of hydrogen-bond acceptors (Lipinski definition) is 18. The number of aliphatic hydroxyl groups excluding tert-OH is 6. The zero-order chi connectivity index (χ0) is 82.8. The number of rotatable bonds is 39. The first-order chi connectivity index (χ1) is 54.8. The first kappa shape index (κ1) is 96.2. The summed E-state index contributed by atoms with van der Waals surface area (Å²) in [5.41, 5.74) is 7.31. The molecular formula is C95H154O19. The highest BCUT2D eigenvalue weighted by Gasteiger charge is 2.48. The van der Waals surface area contributed by atoms with Crippen LogP contribution in [0, 0.1) is 71.0 Å². The molecule has 3 aromatic rings. The molecule has 11 rings (SSSR count). The molecule has 2 saturated heterocycles. The van der Waals surface area contributed by atoms with Crippen LogP contribution in [0.4, 0.5) is 0 Å². The monoisotopic (exact) mass is 1600 g/mol. The van der Waals surface area contributed by atoms with Crippen LogP contribution in [0.2, 0.25) is 0 Å². The van der Waals surface area contributed by atoms with Crippen LogP contribution in [0.5, 0.6) is 17.2 Å². The first-order valence-corrected chi connectivity index (χ1v) is 45.0. The Hall–Kier alpha value is -4.93. The van der Waals surface area contributed by atoms with Gasteiger partial charge in [-0.3, -0.25) is 0 Å². The van der Waals surface area contributed by atoms with Crippen molar-refractivity contribution >= 4 is 17.9 Å². The zero-order valence-corrected chi connectivity index (χ0v) is 72.4. The van der Waals surface area contributed by atoms with Gasteiger partial charge in [0.05, 0.1) is 42.7 Å². The highest BCUT2D eigenvalue weighted by Crippen LogP contribution is 2.52. The number of carbonyl (C=O) groups is 3. The number of carbonyl (C=O) groups excluding carboxylic acids is 2. The van der Waals surface area contributed by atoms with Gasteiger partial charge in [-0.25, -0.2) is 14.4 Å². The molecule has 19 heteroatoms. The van der Waals surface area contributed by atoms with Crippen LogP contribution >= 0.6 is 0 Å². The van der Waals surface area contributed by atoms with Crippen molar-refractivity contribution in [2.45, 2.75) is 362 Å². The second-order valence-electron chi connectivity index (χ2n) is 35.7. The quantitative estimate of drug-likeness (QED) is 0.0206. The van der Waals surface area contributed by atoms with E-state index in [1.165, 1.54) is 92.0 Å². The van der Waals surface area contributed by atoms with Crippen molar-refractivity contribution in [1.29, 1.82) is 0 Å². The minimum Gasteiger partial charge on any atom is -0.482 e. The number of aliphatic carboxylic acids is 1. The number of fused-ring (bicyclic) bond motifs is 6. The molecule has 0 aromatic heterocycles. The molecule has 6 aliphatic carbocycles. The van der Waals surface area contributed by atoms with E-state index >= 15 is 0 Å². The average Bonchev–Trinajstić information content (AvgIpc) is 1.55. The summed E-state index contributed by atoms with van der Waals surface area (Å²) in [4.78, 5) is 35.5. The molecule has 0 bridgehead atoms. The number of aliphatic hydroxyl groups is 6. The largest absolute Gasteiger partial charge is 0.482 e. The van der Waals surface area contributed by atoms with E-state index in [-0.39, 0.29) is 123 Å². The summed E-state index contributed by atoms with van der Waals surface area (Å²) in [6, 6.07) is 18.2. The van der Waals surface area contributed by atoms with Crippen molar-refractivity contribution in [3.63, 3.8) is 0 Å². The number of ether oxygens (including phenoxy) is 9. The average molecular weight is 1600 g/mol. The van der Waals surface area contributed by atoms with Crippen LogP contribution in [0.1, 0.15) is 290 Å². The topological polar surface area (TPSA) is 276 Å². The van der Waals surface area contributed by atoms with E-state index in [0.29, 0.717) is 53.1 Å². The van der Waals surface area contributed by atoms with E-state index in [4.69, 9.17) is 58.0 Å². The number of unbranched alkanes of at least 4 members (excludes halogenated alkanes) is 6. The maximum atomic E-state index is 12.3. The zero-order valence-electron chi connectivity index (χ0n) is 72.4. The summed E-state index contributed by atoms with van der Waals surface area (Å²) in [5.74, 6) is 5.07. The molecule has 0 radical (unpaired) electrons. The normalized spacial score (nSPS) is 26.7. The van der Waals surface area contributed by atoms with Gasteiger partial charge in [0.25, 0.3) is 0 Å². The van der Waals surface area contributed by atoms with Gasteiger partial charge < -0.3 is 78.4 Å². The molecule has 20 atom stereocenters. The summed E-state index contributed by atoms with van der Waals surface area (Å²) in [5, 5.41) is 68.0. The van der Waals surface area contributed by atoms with Gasteiger partial charge in [-0.05, 0) is 297 Å². The van der Waals surface area contributed by atoms with Crippen molar-refractivity contribution in [3.05, 3.63) is 88.0 Å². The van der Waals surface area contributed by atoms with Crippen molar-refractivity contribution in [2.24, 2.45) is 71.0 Å². The lowest BCUT2D eigenvalue weighted by molar-refractivity contribution is -0.191. The van der Waals surface area contributed by atoms with Gasteiger partial charge in [0, 0.05) is 20.3 Å². The van der Waals surface area contributed by atoms with Crippen LogP contribution in [0.15, 0.2) is 54.6 Å².